The molecule has 0 amide bonds. The van der Waals surface area contributed by atoms with Crippen molar-refractivity contribution in [1.29, 1.82) is 0 Å². The Morgan fingerprint density at radius 1 is 1.00 bits per heavy atom. The number of carboxylic acids is 1. The van der Waals surface area contributed by atoms with Gasteiger partial charge in [-0.25, -0.2) is 9.97 Å². The van der Waals surface area contributed by atoms with Crippen LogP contribution in [0.25, 0.3) is 33.9 Å². The molecule has 0 fully saturated rings. The second kappa shape index (κ2) is 9.35. The van der Waals surface area contributed by atoms with Gasteiger partial charge in [-0.05, 0) is 62.2 Å². The lowest BCUT2D eigenvalue weighted by molar-refractivity contribution is -0.148. The average Bonchev–Trinajstić information content (AvgIpc) is 3.33. The summed E-state index contributed by atoms with van der Waals surface area (Å²) < 4.78 is 10.8. The fourth-order valence-electron chi connectivity index (χ4n) is 3.29. The lowest BCUT2D eigenvalue weighted by atomic mass is 9.95. The van der Waals surface area contributed by atoms with Crippen LogP contribution in [0.4, 0.5) is 0 Å². The maximum Gasteiger partial charge on any atom is 0.312 e. The number of hydrogen-bond donors (Lipinski definition) is 2. The van der Waals surface area contributed by atoms with E-state index in [9.17, 15) is 9.90 Å². The molecule has 2 N–H and O–H groups in total. The smallest absolute Gasteiger partial charge is 0.312 e. The number of carboxylic acid groups (broad SMARTS) is 1. The van der Waals surface area contributed by atoms with Crippen molar-refractivity contribution < 1.29 is 19.4 Å². The SMILES string of the molecule is COc1ccc(-c2cnc(-c3ccc(-c4cnc(OCC(C)(C)C(=O)O)cc4C)cn3)[nH]2)cc1. The van der Waals surface area contributed by atoms with Gasteiger partial charge in [0.1, 0.15) is 18.1 Å². The number of aromatic nitrogens is 4. The van der Waals surface area contributed by atoms with E-state index in [1.165, 1.54) is 0 Å². The second-order valence-corrected chi connectivity index (χ2v) is 8.62. The van der Waals surface area contributed by atoms with Crippen molar-refractivity contribution in [2.75, 3.05) is 13.7 Å². The normalized spacial score (nSPS) is 11.3. The average molecular weight is 459 g/mol. The van der Waals surface area contributed by atoms with Crippen molar-refractivity contribution in [2.45, 2.75) is 20.8 Å². The highest BCUT2D eigenvalue weighted by Gasteiger charge is 2.28. The Morgan fingerprint density at radius 3 is 2.35 bits per heavy atom. The molecule has 34 heavy (non-hydrogen) atoms. The Kier molecular flexibility index (Phi) is 6.32. The van der Waals surface area contributed by atoms with Gasteiger partial charge in [-0.2, -0.15) is 0 Å². The van der Waals surface area contributed by atoms with Gasteiger partial charge in [-0.3, -0.25) is 9.78 Å². The highest BCUT2D eigenvalue weighted by atomic mass is 16.5. The number of nitrogens with zero attached hydrogens (tertiary/aromatic N) is 3. The van der Waals surface area contributed by atoms with Crippen LogP contribution in [0, 0.1) is 12.3 Å². The largest absolute Gasteiger partial charge is 0.497 e. The van der Waals surface area contributed by atoms with Gasteiger partial charge in [0.25, 0.3) is 0 Å². The number of benzene rings is 1. The van der Waals surface area contributed by atoms with Gasteiger partial charge >= 0.3 is 5.97 Å². The van der Waals surface area contributed by atoms with Gasteiger partial charge < -0.3 is 19.6 Å². The number of ether oxygens (including phenoxy) is 2. The van der Waals surface area contributed by atoms with E-state index in [-0.39, 0.29) is 6.61 Å². The van der Waals surface area contributed by atoms with E-state index in [2.05, 4.69) is 19.9 Å². The van der Waals surface area contributed by atoms with E-state index >= 15 is 0 Å². The summed E-state index contributed by atoms with van der Waals surface area (Å²) in [5, 5.41) is 9.23. The number of aliphatic carboxylic acids is 1. The Labute approximate surface area is 197 Å². The highest BCUT2D eigenvalue weighted by molar-refractivity contribution is 5.73. The highest BCUT2D eigenvalue weighted by Crippen LogP contribution is 2.28. The number of aryl methyl sites for hydroxylation is 1. The zero-order valence-electron chi connectivity index (χ0n) is 19.5. The fourth-order valence-corrected chi connectivity index (χ4v) is 3.29. The molecule has 0 saturated heterocycles. The van der Waals surface area contributed by atoms with Gasteiger partial charge in [0.15, 0.2) is 5.82 Å². The van der Waals surface area contributed by atoms with Gasteiger partial charge in [0.2, 0.25) is 5.88 Å². The predicted molar refractivity (Wildman–Crippen MR) is 129 cm³/mol. The molecule has 0 spiro atoms. The van der Waals surface area contributed by atoms with Crippen LogP contribution in [0.1, 0.15) is 19.4 Å². The molecule has 0 radical (unpaired) electrons. The third-order valence-electron chi connectivity index (χ3n) is 5.54. The van der Waals surface area contributed by atoms with Crippen molar-refractivity contribution in [1.82, 2.24) is 19.9 Å². The molecule has 8 heteroatoms. The van der Waals surface area contributed by atoms with Gasteiger partial charge in [-0.15, -0.1) is 0 Å². The van der Waals surface area contributed by atoms with Crippen molar-refractivity contribution in [2.24, 2.45) is 5.41 Å². The molecule has 4 aromatic rings. The monoisotopic (exact) mass is 458 g/mol. The molecule has 0 aliphatic rings. The van der Waals surface area contributed by atoms with Crippen molar-refractivity contribution >= 4 is 5.97 Å². The molecule has 0 aliphatic heterocycles. The fraction of sp³-hybridized carbons (Fsp3) is 0.231. The minimum absolute atomic E-state index is 0.0338. The van der Waals surface area contributed by atoms with Crippen molar-refractivity contribution in [3.8, 4) is 45.5 Å². The maximum atomic E-state index is 11.3. The minimum atomic E-state index is -0.993. The summed E-state index contributed by atoms with van der Waals surface area (Å²) in [4.78, 5) is 27.9. The Morgan fingerprint density at radius 2 is 1.74 bits per heavy atom. The minimum Gasteiger partial charge on any atom is -0.497 e. The molecular weight excluding hydrogens is 432 g/mol. The quantitative estimate of drug-likeness (QED) is 0.382. The predicted octanol–water partition coefficient (Wildman–Crippen LogP) is 5.01. The second-order valence-electron chi connectivity index (χ2n) is 8.62. The lowest BCUT2D eigenvalue weighted by Gasteiger charge is -2.19. The van der Waals surface area contributed by atoms with Crippen molar-refractivity contribution in [3.63, 3.8) is 0 Å². The summed E-state index contributed by atoms with van der Waals surface area (Å²) in [6, 6.07) is 13.4. The number of carbonyl (C=O) groups is 1. The standard InChI is InChI=1S/C26H26N4O4/c1-16-11-23(34-15-26(2,3)25(31)32)28-13-20(16)18-7-10-21(27-12-18)24-29-14-22(30-24)17-5-8-19(33-4)9-6-17/h5-14H,15H2,1-4H3,(H,29,30)(H,31,32). The van der Waals surface area contributed by atoms with E-state index in [0.717, 1.165) is 39.4 Å². The van der Waals surface area contributed by atoms with E-state index < -0.39 is 11.4 Å². The van der Waals surface area contributed by atoms with E-state index in [1.807, 2.05) is 43.3 Å². The molecule has 3 aromatic heterocycles. The van der Waals surface area contributed by atoms with Crippen LogP contribution >= 0.6 is 0 Å². The van der Waals surface area contributed by atoms with Gasteiger partial charge in [-0.1, -0.05) is 6.07 Å². The third-order valence-corrected chi connectivity index (χ3v) is 5.54. The zero-order valence-corrected chi connectivity index (χ0v) is 19.5. The van der Waals surface area contributed by atoms with Crippen molar-refractivity contribution in [3.05, 3.63) is 66.6 Å². The number of H-pyrrole nitrogens is 1. The number of aromatic amines is 1. The first-order valence-electron chi connectivity index (χ1n) is 10.8. The summed E-state index contributed by atoms with van der Waals surface area (Å²) in [7, 11) is 1.64. The van der Waals surface area contributed by atoms with Crippen LogP contribution in [-0.2, 0) is 4.79 Å². The number of imidazole rings is 1. The molecule has 0 atom stereocenters. The first-order valence-corrected chi connectivity index (χ1v) is 10.8. The van der Waals surface area contributed by atoms with Crippen LogP contribution in [-0.4, -0.2) is 44.7 Å². The molecule has 0 bridgehead atoms. The molecular formula is C26H26N4O4. The number of nitrogens with one attached hydrogen (secondary N) is 1. The molecule has 3 heterocycles. The first-order chi connectivity index (χ1) is 16.3. The molecule has 1 aromatic carbocycles. The lowest BCUT2D eigenvalue weighted by Crippen LogP contribution is -2.30. The van der Waals surface area contributed by atoms with Crippen LogP contribution < -0.4 is 9.47 Å². The Hall–Kier alpha value is -4.20. The molecule has 0 aliphatic carbocycles. The van der Waals surface area contributed by atoms with Gasteiger partial charge in [0.05, 0.1) is 24.4 Å². The third kappa shape index (κ3) is 4.91. The summed E-state index contributed by atoms with van der Waals surface area (Å²) >= 11 is 0. The number of rotatable bonds is 8. The van der Waals surface area contributed by atoms with Crippen LogP contribution in [0.3, 0.4) is 0 Å². The summed E-state index contributed by atoms with van der Waals surface area (Å²) in [5.74, 6) is 0.952. The Balaban J connectivity index is 1.48. The van der Waals surface area contributed by atoms with E-state index in [0.29, 0.717) is 11.7 Å². The Bertz CT molecular complexity index is 1300. The van der Waals surface area contributed by atoms with E-state index in [1.54, 1.807) is 45.6 Å². The molecule has 0 saturated carbocycles. The van der Waals surface area contributed by atoms with Crippen LogP contribution in [0.15, 0.2) is 61.1 Å². The number of hydrogen-bond acceptors (Lipinski definition) is 6. The number of methoxy groups -OCH3 is 1. The summed E-state index contributed by atoms with van der Waals surface area (Å²) in [6.45, 7) is 5.21. The topological polar surface area (TPSA) is 110 Å². The summed E-state index contributed by atoms with van der Waals surface area (Å²) in [5.41, 5.74) is 4.41. The summed E-state index contributed by atoms with van der Waals surface area (Å²) in [6.07, 6.45) is 5.28. The molecule has 4 rings (SSSR count). The zero-order chi connectivity index (χ0) is 24.3. The maximum absolute atomic E-state index is 11.3. The van der Waals surface area contributed by atoms with Gasteiger partial charge in [0, 0.05) is 29.6 Å². The number of pyridine rings is 2. The van der Waals surface area contributed by atoms with Crippen LogP contribution in [0.2, 0.25) is 0 Å². The first kappa shape index (κ1) is 23.0. The van der Waals surface area contributed by atoms with E-state index in [4.69, 9.17) is 9.47 Å². The molecule has 174 valence electrons. The van der Waals surface area contributed by atoms with Crippen LogP contribution in [0.5, 0.6) is 11.6 Å². The molecule has 8 nitrogen and oxygen atoms in total. The molecule has 0 unspecified atom stereocenters.